The van der Waals surface area contributed by atoms with Crippen molar-refractivity contribution in [3.05, 3.63) is 47.2 Å². The van der Waals surface area contributed by atoms with Crippen LogP contribution in [0.15, 0.2) is 40.8 Å². The van der Waals surface area contributed by atoms with Crippen molar-refractivity contribution in [2.75, 3.05) is 6.54 Å². The number of sulfone groups is 1. The maximum absolute atomic E-state index is 12.7. The Morgan fingerprint density at radius 2 is 2.07 bits per heavy atom. The summed E-state index contributed by atoms with van der Waals surface area (Å²) >= 11 is 0. The highest BCUT2D eigenvalue weighted by molar-refractivity contribution is 7.90. The third-order valence-electron chi connectivity index (χ3n) is 5.29. The molecule has 0 bridgehead atoms. The van der Waals surface area contributed by atoms with Crippen molar-refractivity contribution in [1.29, 1.82) is 0 Å². The molecule has 7 heteroatoms. The second-order valence-electron chi connectivity index (χ2n) is 7.17. The molecule has 2 heterocycles. The lowest BCUT2D eigenvalue weighted by Crippen LogP contribution is -2.27. The summed E-state index contributed by atoms with van der Waals surface area (Å²) in [6.07, 6.45) is 7.78. The van der Waals surface area contributed by atoms with E-state index in [2.05, 4.69) is 16.5 Å². The Kier molecular flexibility index (Phi) is 4.63. The van der Waals surface area contributed by atoms with Gasteiger partial charge in [0.2, 0.25) is 0 Å². The van der Waals surface area contributed by atoms with E-state index in [1.54, 1.807) is 36.0 Å². The Morgan fingerprint density at radius 3 is 2.85 bits per heavy atom. The summed E-state index contributed by atoms with van der Waals surface area (Å²) in [7, 11) is -1.73. The molecule has 2 aromatic rings. The molecular weight excluding hydrogens is 362 g/mol. The minimum Gasteiger partial charge on any atom is -0.350 e. The molecule has 2 aliphatic rings. The second-order valence-corrected chi connectivity index (χ2v) is 9.13. The van der Waals surface area contributed by atoms with Gasteiger partial charge in [-0.15, -0.1) is 0 Å². The summed E-state index contributed by atoms with van der Waals surface area (Å²) in [4.78, 5) is 13.0. The zero-order chi connectivity index (χ0) is 19.0. The van der Waals surface area contributed by atoms with Gasteiger partial charge in [0.05, 0.1) is 16.3 Å². The van der Waals surface area contributed by atoms with Gasteiger partial charge in [0.1, 0.15) is 0 Å². The minimum absolute atomic E-state index is 0.193. The van der Waals surface area contributed by atoms with Crippen LogP contribution in [0, 0.1) is 0 Å². The van der Waals surface area contributed by atoms with E-state index in [4.69, 9.17) is 0 Å². The molecule has 27 heavy (non-hydrogen) atoms. The van der Waals surface area contributed by atoms with Gasteiger partial charge < -0.3 is 5.32 Å². The minimum atomic E-state index is -3.48. The van der Waals surface area contributed by atoms with Gasteiger partial charge in [-0.05, 0) is 38.2 Å². The molecule has 4 rings (SSSR count). The monoisotopic (exact) mass is 385 g/mol. The molecule has 1 amide bonds. The fourth-order valence-corrected chi connectivity index (χ4v) is 5.57. The van der Waals surface area contributed by atoms with Crippen LogP contribution in [0.2, 0.25) is 0 Å². The molecule has 0 unspecified atom stereocenters. The molecule has 0 radical (unpaired) electrons. The molecule has 0 fully saturated rings. The third-order valence-corrected chi connectivity index (χ3v) is 6.98. The molecule has 0 saturated carbocycles. The van der Waals surface area contributed by atoms with Crippen molar-refractivity contribution >= 4 is 15.7 Å². The number of hydrogen-bond acceptors (Lipinski definition) is 4. The number of benzene rings is 1. The molecule has 1 aliphatic heterocycles. The van der Waals surface area contributed by atoms with E-state index in [9.17, 15) is 13.2 Å². The van der Waals surface area contributed by atoms with Gasteiger partial charge in [0.25, 0.3) is 5.91 Å². The molecular formula is C20H23N3O3S. The van der Waals surface area contributed by atoms with Gasteiger partial charge in [-0.1, -0.05) is 29.8 Å². The largest absolute Gasteiger partial charge is 0.350 e. The maximum Gasteiger partial charge on any atom is 0.272 e. The van der Waals surface area contributed by atoms with Gasteiger partial charge >= 0.3 is 0 Å². The molecule has 1 aliphatic carbocycles. The van der Waals surface area contributed by atoms with E-state index >= 15 is 0 Å². The predicted octanol–water partition coefficient (Wildman–Crippen LogP) is 2.99. The fourth-order valence-electron chi connectivity index (χ4n) is 3.98. The molecule has 1 N–H and O–H groups in total. The van der Waals surface area contributed by atoms with Crippen molar-refractivity contribution in [3.8, 4) is 11.3 Å². The lowest BCUT2D eigenvalue weighted by molar-refractivity contribution is 0.0947. The number of carbonyl (C=O) groups excluding carboxylic acids is 1. The van der Waals surface area contributed by atoms with E-state index in [1.807, 2.05) is 0 Å². The first kappa shape index (κ1) is 18.0. The average molecular weight is 385 g/mol. The summed E-state index contributed by atoms with van der Waals surface area (Å²) in [5.41, 5.74) is 3.41. The molecule has 1 aromatic carbocycles. The quantitative estimate of drug-likeness (QED) is 0.821. The lowest BCUT2D eigenvalue weighted by Gasteiger charge is -2.18. The standard InChI is InChI=1S/C20H23N3O3S/c1-23-19-15-9-5-6-10-17(15)27(25,26)13-16(19)18(22-23)20(24)21-12-11-14-7-3-2-4-8-14/h5-7,9-10H,2-4,8,11-13H2,1H3,(H,21,24). The first-order valence-electron chi connectivity index (χ1n) is 9.31. The zero-order valence-electron chi connectivity index (χ0n) is 15.4. The topological polar surface area (TPSA) is 81.1 Å². The maximum atomic E-state index is 12.7. The van der Waals surface area contributed by atoms with Crippen LogP contribution in [0.4, 0.5) is 0 Å². The van der Waals surface area contributed by atoms with Crippen LogP contribution in [0.1, 0.15) is 48.2 Å². The van der Waals surface area contributed by atoms with Gasteiger partial charge in [-0.25, -0.2) is 8.42 Å². The first-order chi connectivity index (χ1) is 13.0. The van der Waals surface area contributed by atoms with E-state index in [1.165, 1.54) is 18.4 Å². The van der Waals surface area contributed by atoms with Crippen LogP contribution < -0.4 is 5.32 Å². The summed E-state index contributed by atoms with van der Waals surface area (Å²) in [5.74, 6) is -0.501. The summed E-state index contributed by atoms with van der Waals surface area (Å²) in [6, 6.07) is 6.89. The number of nitrogens with zero attached hydrogens (tertiary/aromatic N) is 2. The predicted molar refractivity (Wildman–Crippen MR) is 103 cm³/mol. The molecule has 0 atom stereocenters. The zero-order valence-corrected chi connectivity index (χ0v) is 16.2. The normalized spacial score (nSPS) is 17.6. The molecule has 0 spiro atoms. The van der Waals surface area contributed by atoms with E-state index in [0.717, 1.165) is 19.3 Å². The van der Waals surface area contributed by atoms with Crippen LogP contribution >= 0.6 is 0 Å². The van der Waals surface area contributed by atoms with Gasteiger partial charge in [-0.2, -0.15) is 5.10 Å². The van der Waals surface area contributed by atoms with Crippen molar-refractivity contribution in [2.45, 2.75) is 42.8 Å². The Hall–Kier alpha value is -2.41. The van der Waals surface area contributed by atoms with Crippen molar-refractivity contribution in [2.24, 2.45) is 7.05 Å². The smallest absolute Gasteiger partial charge is 0.272 e. The molecule has 0 saturated heterocycles. The number of aryl methyl sites for hydroxylation is 1. The molecule has 142 valence electrons. The fraction of sp³-hybridized carbons (Fsp3) is 0.400. The number of amides is 1. The van der Waals surface area contributed by atoms with E-state index in [0.29, 0.717) is 28.3 Å². The highest BCUT2D eigenvalue weighted by atomic mass is 32.2. The summed E-state index contributed by atoms with van der Waals surface area (Å²) < 4.78 is 26.9. The summed E-state index contributed by atoms with van der Waals surface area (Å²) in [5, 5.41) is 7.26. The lowest BCUT2D eigenvalue weighted by atomic mass is 9.97. The van der Waals surface area contributed by atoms with E-state index in [-0.39, 0.29) is 17.4 Å². The number of allylic oxidation sites excluding steroid dienone is 1. The molecule has 1 aromatic heterocycles. The van der Waals surface area contributed by atoms with Crippen LogP contribution in [-0.4, -0.2) is 30.7 Å². The average Bonchev–Trinajstić information content (AvgIpc) is 2.98. The SMILES string of the molecule is Cn1nc(C(=O)NCCC2=CCCCC2)c2c1-c1ccccc1S(=O)(=O)C2. The van der Waals surface area contributed by atoms with Crippen molar-refractivity contribution in [3.63, 3.8) is 0 Å². The van der Waals surface area contributed by atoms with Gasteiger partial charge in [-0.3, -0.25) is 9.48 Å². The number of aromatic nitrogens is 2. The number of carbonyl (C=O) groups is 1. The van der Waals surface area contributed by atoms with Crippen LogP contribution in [0.3, 0.4) is 0 Å². The highest BCUT2D eigenvalue weighted by Crippen LogP contribution is 2.38. The number of nitrogens with one attached hydrogen (secondary N) is 1. The Labute approximate surface area is 159 Å². The number of fused-ring (bicyclic) bond motifs is 3. The van der Waals surface area contributed by atoms with Crippen LogP contribution in [-0.2, 0) is 22.6 Å². The van der Waals surface area contributed by atoms with E-state index < -0.39 is 9.84 Å². The highest BCUT2D eigenvalue weighted by Gasteiger charge is 2.34. The Balaban J connectivity index is 1.59. The number of hydrogen-bond donors (Lipinski definition) is 1. The van der Waals surface area contributed by atoms with Crippen LogP contribution in [0.25, 0.3) is 11.3 Å². The molecule has 6 nitrogen and oxygen atoms in total. The third kappa shape index (κ3) is 3.32. The first-order valence-corrected chi connectivity index (χ1v) is 11.0. The van der Waals surface area contributed by atoms with Crippen LogP contribution in [0.5, 0.6) is 0 Å². The van der Waals surface area contributed by atoms with Crippen molar-refractivity contribution in [1.82, 2.24) is 15.1 Å². The number of rotatable bonds is 4. The second kappa shape index (κ2) is 6.96. The summed E-state index contributed by atoms with van der Waals surface area (Å²) in [6.45, 7) is 0.541. The van der Waals surface area contributed by atoms with Gasteiger partial charge in [0.15, 0.2) is 15.5 Å². The van der Waals surface area contributed by atoms with Crippen molar-refractivity contribution < 1.29 is 13.2 Å². The Bertz CT molecular complexity index is 1030. The Morgan fingerprint density at radius 1 is 1.26 bits per heavy atom. The van der Waals surface area contributed by atoms with Gasteiger partial charge in [0, 0.05) is 24.7 Å².